The van der Waals surface area contributed by atoms with Crippen LogP contribution >= 0.6 is 11.6 Å². The maximum Gasteiger partial charge on any atom is 0.449 e. The SMILES string of the molecule is FC(F)(F)c1nc2cc3c(cc2n1Cc1ccccc1Cl)OCCO3. The second kappa shape index (κ2) is 5.84. The van der Waals surface area contributed by atoms with Crippen LogP contribution in [0.15, 0.2) is 36.4 Å². The molecule has 0 N–H and O–H groups in total. The van der Waals surface area contributed by atoms with E-state index in [-0.39, 0.29) is 12.1 Å². The molecule has 0 aliphatic carbocycles. The number of fused-ring (bicyclic) bond motifs is 2. The molecular formula is C17H12ClF3N2O2. The van der Waals surface area contributed by atoms with Crippen molar-refractivity contribution < 1.29 is 22.6 Å². The van der Waals surface area contributed by atoms with Crippen molar-refractivity contribution in [2.75, 3.05) is 13.2 Å². The van der Waals surface area contributed by atoms with E-state index in [1.54, 1.807) is 24.3 Å². The lowest BCUT2D eigenvalue weighted by atomic mass is 10.2. The summed E-state index contributed by atoms with van der Waals surface area (Å²) in [6.45, 7) is 0.652. The number of halogens is 4. The van der Waals surface area contributed by atoms with Crippen LogP contribution in [0.5, 0.6) is 11.5 Å². The van der Waals surface area contributed by atoms with E-state index in [0.29, 0.717) is 40.8 Å². The van der Waals surface area contributed by atoms with Gasteiger partial charge in [-0.05, 0) is 11.6 Å². The van der Waals surface area contributed by atoms with Gasteiger partial charge >= 0.3 is 6.18 Å². The number of hydrogen-bond donors (Lipinski definition) is 0. The topological polar surface area (TPSA) is 36.3 Å². The number of nitrogens with zero attached hydrogens (tertiary/aromatic N) is 2. The fourth-order valence-corrected chi connectivity index (χ4v) is 3.03. The second-order valence-corrected chi connectivity index (χ2v) is 6.00. The minimum atomic E-state index is -4.59. The number of ether oxygens (including phenoxy) is 2. The Morgan fingerprint density at radius 2 is 1.76 bits per heavy atom. The largest absolute Gasteiger partial charge is 0.486 e. The van der Waals surface area contributed by atoms with Crippen molar-refractivity contribution >= 4 is 22.6 Å². The van der Waals surface area contributed by atoms with Crippen molar-refractivity contribution in [2.24, 2.45) is 0 Å². The molecule has 0 spiro atoms. The average molecular weight is 369 g/mol. The standard InChI is InChI=1S/C17H12ClF3N2O2/c18-11-4-2-1-3-10(11)9-23-13-8-15-14(24-5-6-25-15)7-12(13)22-16(23)17(19,20)21/h1-4,7-8H,5-6,9H2. The summed E-state index contributed by atoms with van der Waals surface area (Å²) in [6, 6.07) is 9.79. The van der Waals surface area contributed by atoms with E-state index in [4.69, 9.17) is 21.1 Å². The van der Waals surface area contributed by atoms with E-state index in [9.17, 15) is 13.2 Å². The number of hydrogen-bond acceptors (Lipinski definition) is 3. The van der Waals surface area contributed by atoms with E-state index in [0.717, 1.165) is 4.57 Å². The van der Waals surface area contributed by atoms with Gasteiger partial charge < -0.3 is 14.0 Å². The molecule has 0 atom stereocenters. The molecule has 8 heteroatoms. The Morgan fingerprint density at radius 3 is 2.44 bits per heavy atom. The molecule has 2 heterocycles. The molecule has 1 aromatic heterocycles. The lowest BCUT2D eigenvalue weighted by Gasteiger charge is -2.18. The minimum absolute atomic E-state index is 0.0509. The van der Waals surface area contributed by atoms with Gasteiger partial charge in [-0.1, -0.05) is 29.8 Å². The first-order valence-electron chi connectivity index (χ1n) is 7.54. The molecule has 3 aromatic rings. The maximum absolute atomic E-state index is 13.5. The highest BCUT2D eigenvalue weighted by Gasteiger charge is 2.38. The Balaban J connectivity index is 1.91. The predicted molar refractivity (Wildman–Crippen MR) is 86.3 cm³/mol. The van der Waals surface area contributed by atoms with Gasteiger partial charge in [-0.2, -0.15) is 13.2 Å². The molecule has 130 valence electrons. The van der Waals surface area contributed by atoms with Crippen LogP contribution in [-0.2, 0) is 12.7 Å². The molecule has 0 saturated heterocycles. The van der Waals surface area contributed by atoms with Gasteiger partial charge in [-0.3, -0.25) is 0 Å². The highest BCUT2D eigenvalue weighted by molar-refractivity contribution is 6.31. The van der Waals surface area contributed by atoms with Crippen LogP contribution in [0.4, 0.5) is 13.2 Å². The highest BCUT2D eigenvalue weighted by atomic mass is 35.5. The van der Waals surface area contributed by atoms with Crippen LogP contribution in [0, 0.1) is 0 Å². The molecule has 0 radical (unpaired) electrons. The molecule has 0 amide bonds. The third kappa shape index (κ3) is 2.89. The molecule has 1 aliphatic rings. The van der Waals surface area contributed by atoms with Crippen LogP contribution in [0.1, 0.15) is 11.4 Å². The summed E-state index contributed by atoms with van der Waals surface area (Å²) in [6.07, 6.45) is -4.59. The molecule has 0 unspecified atom stereocenters. The van der Waals surface area contributed by atoms with Gasteiger partial charge in [0.25, 0.3) is 0 Å². The molecule has 1 aliphatic heterocycles. The third-order valence-electron chi connectivity index (χ3n) is 3.95. The average Bonchev–Trinajstić information content (AvgIpc) is 2.93. The van der Waals surface area contributed by atoms with Gasteiger partial charge in [0.2, 0.25) is 5.82 Å². The van der Waals surface area contributed by atoms with Gasteiger partial charge in [0.05, 0.1) is 17.6 Å². The molecular weight excluding hydrogens is 357 g/mol. The Bertz CT molecular complexity index is 953. The predicted octanol–water partition coefficient (Wildman–Crippen LogP) is 4.53. The van der Waals surface area contributed by atoms with Gasteiger partial charge in [0.15, 0.2) is 11.5 Å². The normalized spacial score (nSPS) is 14.1. The first kappa shape index (κ1) is 16.1. The first-order chi connectivity index (χ1) is 11.9. The minimum Gasteiger partial charge on any atom is -0.486 e. The molecule has 25 heavy (non-hydrogen) atoms. The van der Waals surface area contributed by atoms with Crippen molar-refractivity contribution in [3.8, 4) is 11.5 Å². The zero-order valence-corrected chi connectivity index (χ0v) is 13.6. The summed E-state index contributed by atoms with van der Waals surface area (Å²) >= 11 is 6.11. The van der Waals surface area contributed by atoms with E-state index >= 15 is 0 Å². The number of alkyl halides is 3. The van der Waals surface area contributed by atoms with Crippen LogP contribution in [0.3, 0.4) is 0 Å². The first-order valence-corrected chi connectivity index (χ1v) is 7.92. The third-order valence-corrected chi connectivity index (χ3v) is 4.32. The fraction of sp³-hybridized carbons (Fsp3) is 0.235. The van der Waals surface area contributed by atoms with Gasteiger partial charge in [-0.15, -0.1) is 0 Å². The number of imidazole rings is 1. The van der Waals surface area contributed by atoms with Crippen molar-refractivity contribution in [3.05, 3.63) is 52.8 Å². The molecule has 0 saturated carbocycles. The van der Waals surface area contributed by atoms with Crippen LogP contribution in [-0.4, -0.2) is 22.8 Å². The smallest absolute Gasteiger partial charge is 0.449 e. The van der Waals surface area contributed by atoms with Gasteiger partial charge in [0.1, 0.15) is 13.2 Å². The van der Waals surface area contributed by atoms with Crippen molar-refractivity contribution in [3.63, 3.8) is 0 Å². The molecule has 0 fully saturated rings. The molecule has 0 bridgehead atoms. The van der Waals surface area contributed by atoms with E-state index in [1.807, 2.05) is 0 Å². The fourth-order valence-electron chi connectivity index (χ4n) is 2.84. The lowest BCUT2D eigenvalue weighted by molar-refractivity contribution is -0.146. The molecule has 4 nitrogen and oxygen atoms in total. The van der Waals surface area contributed by atoms with E-state index < -0.39 is 12.0 Å². The summed E-state index contributed by atoms with van der Waals surface area (Å²) in [5.41, 5.74) is 1.09. The van der Waals surface area contributed by atoms with Crippen molar-refractivity contribution in [1.82, 2.24) is 9.55 Å². The Kier molecular flexibility index (Phi) is 3.76. The summed E-state index contributed by atoms with van der Waals surface area (Å²) in [5, 5.41) is 0.398. The maximum atomic E-state index is 13.5. The zero-order chi connectivity index (χ0) is 17.6. The molecule has 2 aromatic carbocycles. The van der Waals surface area contributed by atoms with Gasteiger partial charge in [-0.25, -0.2) is 4.98 Å². The van der Waals surface area contributed by atoms with E-state index in [1.165, 1.54) is 12.1 Å². The molecule has 4 rings (SSSR count). The Hall–Kier alpha value is -2.41. The summed E-state index contributed by atoms with van der Waals surface area (Å²) in [5.74, 6) is -0.174. The van der Waals surface area contributed by atoms with Crippen LogP contribution in [0.25, 0.3) is 11.0 Å². The lowest BCUT2D eigenvalue weighted by Crippen LogP contribution is -2.16. The quantitative estimate of drug-likeness (QED) is 0.667. The van der Waals surface area contributed by atoms with Gasteiger partial charge in [0, 0.05) is 17.2 Å². The Labute approximate surface area is 145 Å². The number of rotatable bonds is 2. The highest BCUT2D eigenvalue weighted by Crippen LogP contribution is 2.38. The summed E-state index contributed by atoms with van der Waals surface area (Å²) < 4.78 is 52.5. The zero-order valence-electron chi connectivity index (χ0n) is 12.8. The van der Waals surface area contributed by atoms with Crippen molar-refractivity contribution in [1.29, 1.82) is 0 Å². The summed E-state index contributed by atoms with van der Waals surface area (Å²) in [7, 11) is 0. The van der Waals surface area contributed by atoms with Crippen LogP contribution in [0.2, 0.25) is 5.02 Å². The second-order valence-electron chi connectivity index (χ2n) is 5.60. The monoisotopic (exact) mass is 368 g/mol. The summed E-state index contributed by atoms with van der Waals surface area (Å²) in [4.78, 5) is 3.78. The van der Waals surface area contributed by atoms with E-state index in [2.05, 4.69) is 4.98 Å². The van der Waals surface area contributed by atoms with Crippen molar-refractivity contribution in [2.45, 2.75) is 12.7 Å². The Morgan fingerprint density at radius 1 is 1.08 bits per heavy atom. The van der Waals surface area contributed by atoms with Crippen LogP contribution < -0.4 is 9.47 Å². The number of aromatic nitrogens is 2. The number of benzene rings is 2.